The quantitative estimate of drug-likeness (QED) is 0.891. The molecule has 3 rings (SSSR count). The van der Waals surface area contributed by atoms with Gasteiger partial charge >= 0.3 is 0 Å². The predicted octanol–water partition coefficient (Wildman–Crippen LogP) is 2.70. The van der Waals surface area contributed by atoms with Gasteiger partial charge in [0.15, 0.2) is 5.82 Å². The zero-order valence-electron chi connectivity index (χ0n) is 12.4. The number of fused-ring (bicyclic) bond motifs is 1. The topological polar surface area (TPSA) is 42.7 Å². The molecule has 1 aliphatic carbocycles. The van der Waals surface area contributed by atoms with Crippen molar-refractivity contribution >= 4 is 0 Å². The lowest BCUT2D eigenvalue weighted by atomic mass is 9.85. The summed E-state index contributed by atoms with van der Waals surface area (Å²) in [6.07, 6.45) is 6.69. The summed E-state index contributed by atoms with van der Waals surface area (Å²) in [4.78, 5) is 0. The summed E-state index contributed by atoms with van der Waals surface area (Å²) in [7, 11) is 0. The highest BCUT2D eigenvalue weighted by molar-refractivity contribution is 5.08. The van der Waals surface area contributed by atoms with Crippen LogP contribution in [-0.2, 0) is 13.0 Å². The zero-order valence-corrected chi connectivity index (χ0v) is 12.4. The van der Waals surface area contributed by atoms with Crippen LogP contribution in [0.25, 0.3) is 0 Å². The fourth-order valence-corrected chi connectivity index (χ4v) is 3.54. The van der Waals surface area contributed by atoms with E-state index in [1.807, 2.05) is 0 Å². The molecule has 0 spiro atoms. The van der Waals surface area contributed by atoms with Gasteiger partial charge in [0.05, 0.1) is 6.04 Å². The number of hydrogen-bond donors (Lipinski definition) is 1. The smallest absolute Gasteiger partial charge is 0.150 e. The van der Waals surface area contributed by atoms with Gasteiger partial charge in [-0.1, -0.05) is 46.5 Å². The first-order valence-corrected chi connectivity index (χ1v) is 7.71. The van der Waals surface area contributed by atoms with Crippen LogP contribution >= 0.6 is 0 Å². The van der Waals surface area contributed by atoms with Gasteiger partial charge < -0.3 is 9.88 Å². The van der Waals surface area contributed by atoms with Gasteiger partial charge in [-0.3, -0.25) is 0 Å². The summed E-state index contributed by atoms with van der Waals surface area (Å²) in [5, 5.41) is 12.6. The minimum Gasteiger partial charge on any atom is -0.312 e. The van der Waals surface area contributed by atoms with E-state index in [2.05, 4.69) is 40.9 Å². The fraction of sp³-hybridized carbons (Fsp3) is 0.867. The van der Waals surface area contributed by atoms with Crippen LogP contribution in [0.4, 0.5) is 0 Å². The van der Waals surface area contributed by atoms with Crippen molar-refractivity contribution in [2.45, 2.75) is 65.5 Å². The second kappa shape index (κ2) is 4.89. The molecule has 1 aromatic rings. The summed E-state index contributed by atoms with van der Waals surface area (Å²) in [5.41, 5.74) is 0.190. The summed E-state index contributed by atoms with van der Waals surface area (Å²) in [5.74, 6) is 3.21. The molecular formula is C15H26N4. The Kier molecular flexibility index (Phi) is 3.37. The average Bonchev–Trinajstić information content (AvgIpc) is 2.98. The van der Waals surface area contributed by atoms with E-state index in [1.165, 1.54) is 31.5 Å². The molecular weight excluding hydrogens is 236 g/mol. The Morgan fingerprint density at radius 1 is 1.21 bits per heavy atom. The van der Waals surface area contributed by atoms with Crippen LogP contribution in [0.1, 0.15) is 64.1 Å². The molecule has 1 fully saturated rings. The second-order valence-electron chi connectivity index (χ2n) is 7.23. The monoisotopic (exact) mass is 262 g/mol. The van der Waals surface area contributed by atoms with E-state index in [0.29, 0.717) is 6.04 Å². The molecule has 1 aromatic heterocycles. The minimum atomic E-state index is 0.190. The Hall–Kier alpha value is -0.900. The van der Waals surface area contributed by atoms with Crippen molar-refractivity contribution < 1.29 is 0 Å². The molecule has 0 aromatic carbocycles. The minimum absolute atomic E-state index is 0.190. The second-order valence-corrected chi connectivity index (χ2v) is 7.23. The third-order valence-electron chi connectivity index (χ3n) is 4.61. The van der Waals surface area contributed by atoms with Gasteiger partial charge in [-0.15, -0.1) is 10.2 Å². The molecule has 0 amide bonds. The van der Waals surface area contributed by atoms with Gasteiger partial charge in [-0.05, 0) is 11.3 Å². The zero-order chi connectivity index (χ0) is 13.5. The lowest BCUT2D eigenvalue weighted by Gasteiger charge is -2.34. The first-order valence-electron chi connectivity index (χ1n) is 7.71. The van der Waals surface area contributed by atoms with Crippen LogP contribution in [0.2, 0.25) is 0 Å². The van der Waals surface area contributed by atoms with E-state index in [-0.39, 0.29) is 5.41 Å². The van der Waals surface area contributed by atoms with Crippen molar-refractivity contribution in [3.63, 3.8) is 0 Å². The van der Waals surface area contributed by atoms with Crippen molar-refractivity contribution in [1.82, 2.24) is 20.1 Å². The molecule has 0 bridgehead atoms. The molecule has 4 nitrogen and oxygen atoms in total. The van der Waals surface area contributed by atoms with E-state index < -0.39 is 0 Å². The van der Waals surface area contributed by atoms with E-state index in [9.17, 15) is 0 Å². The Labute approximate surface area is 116 Å². The summed E-state index contributed by atoms with van der Waals surface area (Å²) in [6, 6.07) is 0.325. The highest BCUT2D eigenvalue weighted by atomic mass is 15.3. The van der Waals surface area contributed by atoms with Gasteiger partial charge in [0.2, 0.25) is 0 Å². The maximum Gasteiger partial charge on any atom is 0.150 e. The van der Waals surface area contributed by atoms with Crippen molar-refractivity contribution in [2.24, 2.45) is 11.3 Å². The predicted molar refractivity (Wildman–Crippen MR) is 75.9 cm³/mol. The van der Waals surface area contributed by atoms with Gasteiger partial charge in [-0.25, -0.2) is 0 Å². The van der Waals surface area contributed by atoms with E-state index in [4.69, 9.17) is 0 Å². The summed E-state index contributed by atoms with van der Waals surface area (Å²) < 4.78 is 2.38. The standard InChI is InChI=1S/C15H26N4/c1-15(2,3)13-14-18-17-12(19(14)9-8-16-13)10-11-6-4-5-7-11/h11,13,16H,4-10H2,1-3H3. The third-order valence-corrected chi connectivity index (χ3v) is 4.61. The Morgan fingerprint density at radius 3 is 2.63 bits per heavy atom. The molecule has 0 saturated heterocycles. The van der Waals surface area contributed by atoms with E-state index >= 15 is 0 Å². The number of nitrogens with one attached hydrogen (secondary N) is 1. The number of rotatable bonds is 2. The number of hydrogen-bond acceptors (Lipinski definition) is 3. The normalized spacial score (nSPS) is 24.7. The SMILES string of the molecule is CC(C)(C)C1NCCn2c(CC3CCCC3)nnc21. The lowest BCUT2D eigenvalue weighted by molar-refractivity contribution is 0.231. The number of aromatic nitrogens is 3. The molecule has 19 heavy (non-hydrogen) atoms. The van der Waals surface area contributed by atoms with Crippen LogP contribution < -0.4 is 5.32 Å². The molecule has 0 radical (unpaired) electrons. The highest BCUT2D eigenvalue weighted by Crippen LogP contribution is 2.34. The van der Waals surface area contributed by atoms with Crippen molar-refractivity contribution in [1.29, 1.82) is 0 Å². The van der Waals surface area contributed by atoms with Gasteiger partial charge in [0.1, 0.15) is 5.82 Å². The molecule has 1 saturated carbocycles. The first kappa shape index (κ1) is 13.1. The highest BCUT2D eigenvalue weighted by Gasteiger charge is 2.34. The van der Waals surface area contributed by atoms with Crippen LogP contribution in [0.3, 0.4) is 0 Å². The summed E-state index contributed by atoms with van der Waals surface area (Å²) >= 11 is 0. The Morgan fingerprint density at radius 2 is 1.95 bits per heavy atom. The largest absolute Gasteiger partial charge is 0.312 e. The molecule has 2 aliphatic rings. The van der Waals surface area contributed by atoms with Gasteiger partial charge in [0, 0.05) is 19.5 Å². The molecule has 2 heterocycles. The number of nitrogens with zero attached hydrogens (tertiary/aromatic N) is 3. The molecule has 1 unspecified atom stereocenters. The van der Waals surface area contributed by atoms with Crippen molar-refractivity contribution in [3.05, 3.63) is 11.6 Å². The average molecular weight is 262 g/mol. The van der Waals surface area contributed by atoms with E-state index in [0.717, 1.165) is 31.3 Å². The first-order chi connectivity index (χ1) is 9.05. The van der Waals surface area contributed by atoms with Crippen LogP contribution in [-0.4, -0.2) is 21.3 Å². The van der Waals surface area contributed by atoms with Crippen LogP contribution in [0.5, 0.6) is 0 Å². The molecule has 1 aliphatic heterocycles. The molecule has 1 N–H and O–H groups in total. The maximum absolute atomic E-state index is 4.50. The van der Waals surface area contributed by atoms with E-state index in [1.54, 1.807) is 0 Å². The lowest BCUT2D eigenvalue weighted by Crippen LogP contribution is -2.41. The fourth-order valence-electron chi connectivity index (χ4n) is 3.54. The van der Waals surface area contributed by atoms with Gasteiger partial charge in [-0.2, -0.15) is 0 Å². The van der Waals surface area contributed by atoms with Crippen molar-refractivity contribution in [2.75, 3.05) is 6.54 Å². The van der Waals surface area contributed by atoms with Crippen molar-refractivity contribution in [3.8, 4) is 0 Å². The molecule has 106 valence electrons. The van der Waals surface area contributed by atoms with Crippen LogP contribution in [0, 0.1) is 11.3 Å². The maximum atomic E-state index is 4.50. The Bertz CT molecular complexity index is 437. The van der Waals surface area contributed by atoms with Crippen LogP contribution in [0.15, 0.2) is 0 Å². The Balaban J connectivity index is 1.83. The molecule has 1 atom stereocenters. The third kappa shape index (κ3) is 2.55. The van der Waals surface area contributed by atoms with Gasteiger partial charge in [0.25, 0.3) is 0 Å². The molecule has 4 heteroatoms. The summed E-state index contributed by atoms with van der Waals surface area (Å²) in [6.45, 7) is 8.87.